The van der Waals surface area contributed by atoms with Crippen LogP contribution in [-0.4, -0.2) is 33.0 Å². The number of rotatable bonds is 9. The van der Waals surface area contributed by atoms with Crippen LogP contribution in [0.1, 0.15) is 66.4 Å². The molecule has 34 heavy (non-hydrogen) atoms. The minimum Gasteiger partial charge on any atom is -0.311 e. The van der Waals surface area contributed by atoms with Gasteiger partial charge in [0.15, 0.2) is 5.16 Å². The molecule has 178 valence electrons. The molecule has 8 heteroatoms. The number of hydrogen-bond donors (Lipinski definition) is 0. The summed E-state index contributed by atoms with van der Waals surface area (Å²) in [6.07, 6.45) is 7.06. The van der Waals surface area contributed by atoms with Crippen molar-refractivity contribution in [1.29, 1.82) is 5.26 Å². The molecule has 1 aliphatic carbocycles. The normalized spacial score (nSPS) is 14.1. The molecule has 1 saturated carbocycles. The van der Waals surface area contributed by atoms with Crippen molar-refractivity contribution in [1.82, 2.24) is 14.8 Å². The fourth-order valence-electron chi connectivity index (χ4n) is 4.67. The Kier molecular flexibility index (Phi) is 8.41. The maximum atomic E-state index is 13.3. The highest BCUT2D eigenvalue weighted by Gasteiger charge is 2.25. The molecule has 1 aliphatic rings. The van der Waals surface area contributed by atoms with E-state index >= 15 is 0 Å². The number of carbonyl (C=O) groups is 1. The van der Waals surface area contributed by atoms with Crippen LogP contribution in [-0.2, 0) is 11.2 Å². The summed E-state index contributed by atoms with van der Waals surface area (Å²) in [6.45, 7) is 4.44. The summed E-state index contributed by atoms with van der Waals surface area (Å²) < 4.78 is 2.30. The standard InChI is InChI=1S/C26H31N5OS2/c1-19-14-20(2)16-22(15-19)30(12-7-11-27)25(32)18-34-26-29-28-24(17-23-10-6-13-33-23)31(26)21-8-4-3-5-9-21/h6,10,13-16,21H,3-5,7-9,12,17-18H2,1-2H3. The average Bonchev–Trinajstić information content (AvgIpc) is 3.48. The molecule has 0 N–H and O–H groups in total. The van der Waals surface area contributed by atoms with Gasteiger partial charge in [-0.25, -0.2) is 0 Å². The van der Waals surface area contributed by atoms with Crippen molar-refractivity contribution < 1.29 is 4.79 Å². The van der Waals surface area contributed by atoms with E-state index in [1.165, 1.54) is 35.9 Å². The number of carbonyl (C=O) groups excluding carboxylic acids is 1. The highest BCUT2D eigenvalue weighted by molar-refractivity contribution is 7.99. The molecule has 0 atom stereocenters. The van der Waals surface area contributed by atoms with Gasteiger partial charge in [-0.05, 0) is 61.4 Å². The number of aromatic nitrogens is 3. The van der Waals surface area contributed by atoms with Crippen LogP contribution in [0.5, 0.6) is 0 Å². The number of anilines is 1. The van der Waals surface area contributed by atoms with Gasteiger partial charge < -0.3 is 9.47 Å². The first-order chi connectivity index (χ1) is 16.5. The Morgan fingerprint density at radius 2 is 1.97 bits per heavy atom. The van der Waals surface area contributed by atoms with Crippen molar-refractivity contribution in [3.63, 3.8) is 0 Å². The quantitative estimate of drug-likeness (QED) is 0.337. The summed E-state index contributed by atoms with van der Waals surface area (Å²) >= 11 is 3.20. The number of benzene rings is 1. The Morgan fingerprint density at radius 3 is 2.65 bits per heavy atom. The Bertz CT molecular complexity index is 1120. The Hall–Kier alpha value is -2.63. The molecule has 0 saturated heterocycles. The van der Waals surface area contributed by atoms with E-state index in [9.17, 15) is 4.79 Å². The molecule has 0 spiro atoms. The number of aryl methyl sites for hydroxylation is 2. The van der Waals surface area contributed by atoms with Crippen molar-refractivity contribution >= 4 is 34.7 Å². The second-order valence-corrected chi connectivity index (χ2v) is 10.9. The lowest BCUT2D eigenvalue weighted by atomic mass is 9.95. The largest absolute Gasteiger partial charge is 0.311 e. The third kappa shape index (κ3) is 6.08. The van der Waals surface area contributed by atoms with Gasteiger partial charge in [0.1, 0.15) is 5.82 Å². The van der Waals surface area contributed by atoms with Crippen LogP contribution in [0.15, 0.2) is 40.9 Å². The van der Waals surface area contributed by atoms with Gasteiger partial charge in [0, 0.05) is 29.6 Å². The molecular formula is C26H31N5OS2. The Labute approximate surface area is 210 Å². The van der Waals surface area contributed by atoms with Crippen LogP contribution >= 0.6 is 23.1 Å². The van der Waals surface area contributed by atoms with Crippen molar-refractivity contribution in [2.75, 3.05) is 17.2 Å². The minimum atomic E-state index is -0.0109. The predicted octanol–water partition coefficient (Wildman–Crippen LogP) is 6.09. The van der Waals surface area contributed by atoms with Crippen LogP contribution < -0.4 is 4.90 Å². The Balaban J connectivity index is 1.54. The fourth-order valence-corrected chi connectivity index (χ4v) is 6.27. The first-order valence-corrected chi connectivity index (χ1v) is 13.8. The number of amides is 1. The third-order valence-electron chi connectivity index (χ3n) is 6.18. The summed E-state index contributed by atoms with van der Waals surface area (Å²) in [5, 5.41) is 21.1. The van der Waals surface area contributed by atoms with E-state index in [-0.39, 0.29) is 11.7 Å². The first kappa shape index (κ1) is 24.5. The van der Waals surface area contributed by atoms with Gasteiger partial charge in [-0.15, -0.1) is 21.5 Å². The lowest BCUT2D eigenvalue weighted by Gasteiger charge is -2.26. The smallest absolute Gasteiger partial charge is 0.237 e. The van der Waals surface area contributed by atoms with Crippen LogP contribution in [0.4, 0.5) is 5.69 Å². The average molecular weight is 494 g/mol. The number of nitrogens with zero attached hydrogens (tertiary/aromatic N) is 5. The number of nitriles is 1. The molecule has 3 aromatic rings. The van der Waals surface area contributed by atoms with E-state index in [0.29, 0.717) is 19.0 Å². The molecule has 4 rings (SSSR count). The first-order valence-electron chi connectivity index (χ1n) is 11.9. The van der Waals surface area contributed by atoms with Crippen molar-refractivity contribution in [3.8, 4) is 6.07 Å². The number of thioether (sulfide) groups is 1. The van der Waals surface area contributed by atoms with E-state index in [1.807, 2.05) is 26.0 Å². The summed E-state index contributed by atoms with van der Waals surface area (Å²) in [5.74, 6) is 1.24. The van der Waals surface area contributed by atoms with Crippen LogP contribution in [0.25, 0.3) is 0 Å². The summed E-state index contributed by atoms with van der Waals surface area (Å²) in [7, 11) is 0. The van der Waals surface area contributed by atoms with Gasteiger partial charge in [0.25, 0.3) is 0 Å². The molecule has 1 aromatic carbocycles. The third-order valence-corrected chi connectivity index (χ3v) is 7.98. The predicted molar refractivity (Wildman–Crippen MR) is 138 cm³/mol. The lowest BCUT2D eigenvalue weighted by molar-refractivity contribution is -0.116. The van der Waals surface area contributed by atoms with E-state index in [2.05, 4.69) is 44.4 Å². The molecule has 0 unspecified atom stereocenters. The molecular weight excluding hydrogens is 462 g/mol. The fraction of sp³-hybridized carbons (Fsp3) is 0.462. The summed E-state index contributed by atoms with van der Waals surface area (Å²) in [4.78, 5) is 16.3. The number of thiophene rings is 1. The van der Waals surface area contributed by atoms with E-state index in [0.717, 1.165) is 47.1 Å². The van der Waals surface area contributed by atoms with Gasteiger partial charge in [0.2, 0.25) is 5.91 Å². The second-order valence-electron chi connectivity index (χ2n) is 8.90. The molecule has 1 amide bonds. The van der Waals surface area contributed by atoms with E-state index in [1.54, 1.807) is 16.2 Å². The molecule has 2 heterocycles. The van der Waals surface area contributed by atoms with E-state index < -0.39 is 0 Å². The molecule has 6 nitrogen and oxygen atoms in total. The second kappa shape index (κ2) is 11.7. The van der Waals surface area contributed by atoms with Crippen LogP contribution in [0.2, 0.25) is 0 Å². The van der Waals surface area contributed by atoms with Gasteiger partial charge in [0.05, 0.1) is 18.2 Å². The van der Waals surface area contributed by atoms with E-state index in [4.69, 9.17) is 5.26 Å². The molecule has 2 aromatic heterocycles. The van der Waals surface area contributed by atoms with Gasteiger partial charge in [-0.2, -0.15) is 5.26 Å². The Morgan fingerprint density at radius 1 is 1.21 bits per heavy atom. The molecule has 1 fully saturated rings. The zero-order valence-electron chi connectivity index (χ0n) is 19.9. The van der Waals surface area contributed by atoms with Gasteiger partial charge >= 0.3 is 0 Å². The van der Waals surface area contributed by atoms with Crippen molar-refractivity contribution in [3.05, 3.63) is 57.5 Å². The lowest BCUT2D eigenvalue weighted by Crippen LogP contribution is -2.33. The maximum Gasteiger partial charge on any atom is 0.237 e. The van der Waals surface area contributed by atoms with Gasteiger partial charge in [-0.1, -0.05) is 43.2 Å². The highest BCUT2D eigenvalue weighted by Crippen LogP contribution is 2.34. The van der Waals surface area contributed by atoms with Crippen molar-refractivity contribution in [2.45, 2.75) is 70.0 Å². The maximum absolute atomic E-state index is 13.3. The van der Waals surface area contributed by atoms with Crippen LogP contribution in [0, 0.1) is 25.2 Å². The van der Waals surface area contributed by atoms with Crippen LogP contribution in [0.3, 0.4) is 0 Å². The minimum absolute atomic E-state index is 0.0109. The molecule has 0 aliphatic heterocycles. The summed E-state index contributed by atoms with van der Waals surface area (Å²) in [5.41, 5.74) is 3.06. The van der Waals surface area contributed by atoms with Crippen molar-refractivity contribution in [2.24, 2.45) is 0 Å². The molecule has 0 bridgehead atoms. The SMILES string of the molecule is Cc1cc(C)cc(N(CCC#N)C(=O)CSc2nnc(Cc3cccs3)n2C2CCCCC2)c1. The topological polar surface area (TPSA) is 74.8 Å². The highest BCUT2D eigenvalue weighted by atomic mass is 32.2. The zero-order chi connectivity index (χ0) is 23.9. The molecule has 0 radical (unpaired) electrons. The van der Waals surface area contributed by atoms with Gasteiger partial charge in [-0.3, -0.25) is 4.79 Å². The zero-order valence-corrected chi connectivity index (χ0v) is 21.5. The monoisotopic (exact) mass is 493 g/mol. The number of hydrogen-bond acceptors (Lipinski definition) is 6. The summed E-state index contributed by atoms with van der Waals surface area (Å²) in [6, 6.07) is 12.9.